The van der Waals surface area contributed by atoms with Crippen molar-refractivity contribution in [3.8, 4) is 0 Å². The van der Waals surface area contributed by atoms with Gasteiger partial charge in [0, 0.05) is 10.7 Å². The predicted molar refractivity (Wildman–Crippen MR) is 124 cm³/mol. The molecule has 0 spiro atoms. The van der Waals surface area contributed by atoms with Gasteiger partial charge in [0.25, 0.3) is 0 Å². The Morgan fingerprint density at radius 1 is 1.03 bits per heavy atom. The SMILES string of the molecule is Cc1ccc(S(=O)(=O)Cc2cccc(C3CC(C)(C)c4cc(Cl)ccc4N3)c2)cc1. The molecule has 3 nitrogen and oxygen atoms in total. The molecule has 0 amide bonds. The summed E-state index contributed by atoms with van der Waals surface area (Å²) in [7, 11) is -3.39. The molecule has 0 saturated carbocycles. The lowest BCUT2D eigenvalue weighted by Crippen LogP contribution is -2.31. The first kappa shape index (κ1) is 21.0. The third kappa shape index (κ3) is 4.26. The fraction of sp³-hybridized carbons (Fsp3) is 0.280. The van der Waals surface area contributed by atoms with Crippen molar-refractivity contribution < 1.29 is 8.42 Å². The highest BCUT2D eigenvalue weighted by Crippen LogP contribution is 2.44. The summed E-state index contributed by atoms with van der Waals surface area (Å²) in [6.45, 7) is 6.40. The first-order valence-electron chi connectivity index (χ1n) is 10.1. The molecule has 1 aliphatic rings. The minimum Gasteiger partial charge on any atom is -0.378 e. The molecule has 0 aromatic heterocycles. The van der Waals surface area contributed by atoms with Gasteiger partial charge in [0.1, 0.15) is 0 Å². The average Bonchev–Trinajstić information content (AvgIpc) is 2.68. The minimum absolute atomic E-state index is 0.00773. The Balaban J connectivity index is 1.61. The number of sulfone groups is 1. The molecule has 1 aliphatic heterocycles. The number of hydrogen-bond acceptors (Lipinski definition) is 3. The zero-order valence-electron chi connectivity index (χ0n) is 17.4. The van der Waals surface area contributed by atoms with E-state index in [1.165, 1.54) is 5.56 Å². The van der Waals surface area contributed by atoms with Crippen molar-refractivity contribution in [2.24, 2.45) is 0 Å². The van der Waals surface area contributed by atoms with Gasteiger partial charge in [0.15, 0.2) is 9.84 Å². The van der Waals surface area contributed by atoms with Gasteiger partial charge >= 0.3 is 0 Å². The maximum absolute atomic E-state index is 12.9. The number of rotatable bonds is 4. The number of aryl methyl sites for hydroxylation is 1. The summed E-state index contributed by atoms with van der Waals surface area (Å²) in [5.74, 6) is -0.00773. The summed E-state index contributed by atoms with van der Waals surface area (Å²) in [6.07, 6.45) is 0.897. The zero-order valence-corrected chi connectivity index (χ0v) is 19.0. The Labute approximate surface area is 184 Å². The molecule has 156 valence electrons. The van der Waals surface area contributed by atoms with Crippen molar-refractivity contribution in [3.63, 3.8) is 0 Å². The highest BCUT2D eigenvalue weighted by atomic mass is 35.5. The highest BCUT2D eigenvalue weighted by molar-refractivity contribution is 7.90. The van der Waals surface area contributed by atoms with E-state index in [4.69, 9.17) is 11.6 Å². The smallest absolute Gasteiger partial charge is 0.182 e. The Bertz CT molecular complexity index is 1180. The second kappa shape index (κ2) is 7.75. The van der Waals surface area contributed by atoms with E-state index < -0.39 is 9.84 Å². The van der Waals surface area contributed by atoms with Crippen LogP contribution in [0.3, 0.4) is 0 Å². The second-order valence-corrected chi connectivity index (χ2v) is 11.2. The van der Waals surface area contributed by atoms with E-state index in [0.717, 1.165) is 33.8 Å². The van der Waals surface area contributed by atoms with E-state index in [1.54, 1.807) is 12.1 Å². The number of anilines is 1. The molecule has 0 fully saturated rings. The van der Waals surface area contributed by atoms with Gasteiger partial charge in [0.2, 0.25) is 0 Å². The lowest BCUT2D eigenvalue weighted by molar-refractivity contribution is 0.427. The first-order chi connectivity index (χ1) is 14.1. The van der Waals surface area contributed by atoms with Crippen LogP contribution in [-0.4, -0.2) is 8.42 Å². The van der Waals surface area contributed by atoms with Gasteiger partial charge in [-0.15, -0.1) is 0 Å². The second-order valence-electron chi connectivity index (χ2n) is 8.79. The lowest BCUT2D eigenvalue weighted by Gasteiger charge is -2.39. The molecule has 1 unspecified atom stereocenters. The number of hydrogen-bond donors (Lipinski definition) is 1. The van der Waals surface area contributed by atoms with Crippen LogP contribution >= 0.6 is 11.6 Å². The topological polar surface area (TPSA) is 46.2 Å². The van der Waals surface area contributed by atoms with E-state index in [1.807, 2.05) is 55.5 Å². The summed E-state index contributed by atoms with van der Waals surface area (Å²) < 4.78 is 25.7. The van der Waals surface area contributed by atoms with Gasteiger partial charge in [-0.1, -0.05) is 67.4 Å². The molecular formula is C25H26ClNO2S. The highest BCUT2D eigenvalue weighted by Gasteiger charge is 2.33. The van der Waals surface area contributed by atoms with Crippen molar-refractivity contribution in [3.05, 3.63) is 94.0 Å². The monoisotopic (exact) mass is 439 g/mol. The Hall–Kier alpha value is -2.30. The van der Waals surface area contributed by atoms with Gasteiger partial charge in [-0.3, -0.25) is 0 Å². The molecule has 3 aromatic carbocycles. The molecule has 0 bridgehead atoms. The summed E-state index contributed by atoms with van der Waals surface area (Å²) in [5, 5.41) is 4.36. The molecule has 0 saturated heterocycles. The summed E-state index contributed by atoms with van der Waals surface area (Å²) >= 11 is 6.21. The largest absolute Gasteiger partial charge is 0.378 e. The van der Waals surface area contributed by atoms with Crippen LogP contribution in [0.15, 0.2) is 71.6 Å². The van der Waals surface area contributed by atoms with E-state index >= 15 is 0 Å². The van der Waals surface area contributed by atoms with Crippen LogP contribution in [0.5, 0.6) is 0 Å². The molecule has 5 heteroatoms. The van der Waals surface area contributed by atoms with E-state index in [2.05, 4.69) is 25.2 Å². The van der Waals surface area contributed by atoms with E-state index in [-0.39, 0.29) is 17.2 Å². The lowest BCUT2D eigenvalue weighted by atomic mass is 9.74. The molecule has 30 heavy (non-hydrogen) atoms. The van der Waals surface area contributed by atoms with Crippen LogP contribution in [0.2, 0.25) is 5.02 Å². The molecule has 1 N–H and O–H groups in total. The van der Waals surface area contributed by atoms with Crippen LogP contribution < -0.4 is 5.32 Å². The van der Waals surface area contributed by atoms with Crippen molar-refractivity contribution in [2.45, 2.75) is 49.3 Å². The molecule has 1 heterocycles. The van der Waals surface area contributed by atoms with Gasteiger partial charge < -0.3 is 5.32 Å². The Morgan fingerprint density at radius 2 is 1.77 bits per heavy atom. The third-order valence-electron chi connectivity index (χ3n) is 5.85. The molecule has 4 rings (SSSR count). The third-order valence-corrected chi connectivity index (χ3v) is 7.78. The number of fused-ring (bicyclic) bond motifs is 1. The molecule has 1 atom stereocenters. The molecular weight excluding hydrogens is 414 g/mol. The van der Waals surface area contributed by atoms with Crippen molar-refractivity contribution in [1.82, 2.24) is 0 Å². The number of nitrogens with one attached hydrogen (secondary N) is 1. The normalized spacial score (nSPS) is 17.8. The fourth-order valence-corrected chi connectivity index (χ4v) is 5.72. The van der Waals surface area contributed by atoms with Crippen LogP contribution in [0.25, 0.3) is 0 Å². The zero-order chi connectivity index (χ0) is 21.5. The van der Waals surface area contributed by atoms with Crippen LogP contribution in [-0.2, 0) is 21.0 Å². The molecule has 0 radical (unpaired) electrons. The van der Waals surface area contributed by atoms with Crippen molar-refractivity contribution in [2.75, 3.05) is 5.32 Å². The summed E-state index contributed by atoms with van der Waals surface area (Å²) in [6, 6.07) is 21.0. The van der Waals surface area contributed by atoms with Gasteiger partial charge in [-0.25, -0.2) is 8.42 Å². The van der Waals surface area contributed by atoms with E-state index in [9.17, 15) is 8.42 Å². The van der Waals surface area contributed by atoms with Crippen LogP contribution in [0.1, 0.15) is 48.6 Å². The Morgan fingerprint density at radius 3 is 2.50 bits per heavy atom. The average molecular weight is 440 g/mol. The van der Waals surface area contributed by atoms with Gasteiger partial charge in [-0.2, -0.15) is 0 Å². The minimum atomic E-state index is -3.39. The fourth-order valence-electron chi connectivity index (χ4n) is 4.21. The first-order valence-corrected chi connectivity index (χ1v) is 12.1. The Kier molecular flexibility index (Phi) is 5.41. The van der Waals surface area contributed by atoms with Crippen LogP contribution in [0, 0.1) is 6.92 Å². The van der Waals surface area contributed by atoms with Gasteiger partial charge in [0.05, 0.1) is 16.7 Å². The number of benzene rings is 3. The predicted octanol–water partition coefficient (Wildman–Crippen LogP) is 6.46. The number of halogens is 1. The van der Waals surface area contributed by atoms with Crippen molar-refractivity contribution in [1.29, 1.82) is 0 Å². The maximum atomic E-state index is 12.9. The van der Waals surface area contributed by atoms with Crippen molar-refractivity contribution >= 4 is 27.1 Å². The summed E-state index contributed by atoms with van der Waals surface area (Å²) in [5.41, 5.74) is 5.20. The standard InChI is InChI=1S/C25H26ClNO2S/c1-17-7-10-21(11-8-17)30(28,29)16-18-5-4-6-19(13-18)24-15-25(2,3)22-14-20(26)9-12-23(22)27-24/h4-14,24,27H,15-16H2,1-3H3. The molecule has 0 aliphatic carbocycles. The van der Waals surface area contributed by atoms with Crippen LogP contribution in [0.4, 0.5) is 5.69 Å². The maximum Gasteiger partial charge on any atom is 0.182 e. The quantitative estimate of drug-likeness (QED) is 0.507. The van der Waals surface area contributed by atoms with E-state index in [0.29, 0.717) is 4.90 Å². The molecule has 3 aromatic rings. The van der Waals surface area contributed by atoms with Gasteiger partial charge in [-0.05, 0) is 65.8 Å². The summed E-state index contributed by atoms with van der Waals surface area (Å²) in [4.78, 5) is 0.362.